The Labute approximate surface area is 154 Å². The number of para-hydroxylation sites is 1. The first-order chi connectivity index (χ1) is 12.5. The standard InChI is InChI=1S/C21H25N3O2/c1-14(2)15-6-5-7-17(12-15)23-20(25)13-22-19-9-4-3-8-18(19)21(26)24-16-10-11-16/h3-9,12,14,16,22H,10-11,13H2,1-2H3,(H,23,25)(H,24,26). The lowest BCUT2D eigenvalue weighted by Gasteiger charge is -2.13. The molecule has 1 aliphatic carbocycles. The van der Waals surface area contributed by atoms with Crippen LogP contribution in [0.3, 0.4) is 0 Å². The maximum Gasteiger partial charge on any atom is 0.253 e. The predicted molar refractivity (Wildman–Crippen MR) is 105 cm³/mol. The van der Waals surface area contributed by atoms with E-state index in [0.717, 1.165) is 18.5 Å². The second kappa shape index (κ2) is 8.04. The van der Waals surface area contributed by atoms with Crippen LogP contribution in [0.15, 0.2) is 48.5 Å². The minimum Gasteiger partial charge on any atom is -0.376 e. The van der Waals surface area contributed by atoms with Gasteiger partial charge in [-0.15, -0.1) is 0 Å². The van der Waals surface area contributed by atoms with E-state index in [9.17, 15) is 9.59 Å². The van der Waals surface area contributed by atoms with E-state index in [1.165, 1.54) is 5.56 Å². The minimum absolute atomic E-state index is 0.0966. The van der Waals surface area contributed by atoms with Crippen molar-refractivity contribution in [1.29, 1.82) is 0 Å². The highest BCUT2D eigenvalue weighted by atomic mass is 16.2. The van der Waals surface area contributed by atoms with Crippen LogP contribution in [0.1, 0.15) is 48.5 Å². The molecule has 0 aliphatic heterocycles. The lowest BCUT2D eigenvalue weighted by Crippen LogP contribution is -2.27. The fourth-order valence-corrected chi connectivity index (χ4v) is 2.68. The Balaban J connectivity index is 1.59. The van der Waals surface area contributed by atoms with Gasteiger partial charge in [0.25, 0.3) is 5.91 Å². The molecular weight excluding hydrogens is 326 g/mol. The van der Waals surface area contributed by atoms with Crippen LogP contribution in [-0.4, -0.2) is 24.4 Å². The molecular formula is C21H25N3O2. The number of rotatable bonds is 7. The maximum absolute atomic E-state index is 12.3. The van der Waals surface area contributed by atoms with Crippen LogP contribution in [-0.2, 0) is 4.79 Å². The number of benzene rings is 2. The summed E-state index contributed by atoms with van der Waals surface area (Å²) < 4.78 is 0. The van der Waals surface area contributed by atoms with Crippen molar-refractivity contribution in [3.8, 4) is 0 Å². The summed E-state index contributed by atoms with van der Waals surface area (Å²) in [6.07, 6.45) is 2.08. The molecule has 1 saturated carbocycles. The molecule has 0 bridgehead atoms. The van der Waals surface area contributed by atoms with Crippen molar-refractivity contribution in [1.82, 2.24) is 5.32 Å². The van der Waals surface area contributed by atoms with Crippen LogP contribution in [0.25, 0.3) is 0 Å². The molecule has 0 radical (unpaired) electrons. The summed E-state index contributed by atoms with van der Waals surface area (Å²) in [4.78, 5) is 24.6. The van der Waals surface area contributed by atoms with Gasteiger partial charge in [-0.05, 0) is 48.6 Å². The number of hydrogen-bond donors (Lipinski definition) is 3. The number of nitrogens with one attached hydrogen (secondary N) is 3. The molecule has 2 amide bonds. The van der Waals surface area contributed by atoms with Gasteiger partial charge in [-0.3, -0.25) is 9.59 Å². The summed E-state index contributed by atoms with van der Waals surface area (Å²) >= 11 is 0. The van der Waals surface area contributed by atoms with Crippen LogP contribution in [0.2, 0.25) is 0 Å². The van der Waals surface area contributed by atoms with E-state index in [2.05, 4.69) is 29.8 Å². The van der Waals surface area contributed by atoms with Crippen LogP contribution >= 0.6 is 0 Å². The lowest BCUT2D eigenvalue weighted by atomic mass is 10.0. The summed E-state index contributed by atoms with van der Waals surface area (Å²) in [6, 6.07) is 15.4. The van der Waals surface area contributed by atoms with Gasteiger partial charge in [-0.2, -0.15) is 0 Å². The molecule has 26 heavy (non-hydrogen) atoms. The molecule has 1 aliphatic rings. The molecule has 3 rings (SSSR count). The fourth-order valence-electron chi connectivity index (χ4n) is 2.68. The molecule has 0 heterocycles. The van der Waals surface area contributed by atoms with Crippen molar-refractivity contribution < 1.29 is 9.59 Å². The third kappa shape index (κ3) is 4.85. The van der Waals surface area contributed by atoms with Crippen molar-refractivity contribution >= 4 is 23.2 Å². The van der Waals surface area contributed by atoms with Gasteiger partial charge in [0.15, 0.2) is 0 Å². The summed E-state index contributed by atoms with van der Waals surface area (Å²) in [5.74, 6) is 0.158. The van der Waals surface area contributed by atoms with E-state index in [1.54, 1.807) is 6.07 Å². The zero-order valence-electron chi connectivity index (χ0n) is 15.2. The lowest BCUT2D eigenvalue weighted by molar-refractivity contribution is -0.114. The van der Waals surface area contributed by atoms with Crippen molar-refractivity contribution in [3.63, 3.8) is 0 Å². The molecule has 0 aromatic heterocycles. The predicted octanol–water partition coefficient (Wildman–Crippen LogP) is 3.75. The van der Waals surface area contributed by atoms with E-state index in [0.29, 0.717) is 23.2 Å². The summed E-state index contributed by atoms with van der Waals surface area (Å²) in [6.45, 7) is 4.33. The van der Waals surface area contributed by atoms with Crippen LogP contribution < -0.4 is 16.0 Å². The first-order valence-corrected chi connectivity index (χ1v) is 9.06. The van der Waals surface area contributed by atoms with Crippen LogP contribution in [0.5, 0.6) is 0 Å². The normalized spacial score (nSPS) is 13.3. The summed E-state index contributed by atoms with van der Waals surface area (Å²) in [7, 11) is 0. The fraction of sp³-hybridized carbons (Fsp3) is 0.333. The van der Waals surface area contributed by atoms with E-state index in [-0.39, 0.29) is 18.4 Å². The molecule has 3 N–H and O–H groups in total. The van der Waals surface area contributed by atoms with Crippen molar-refractivity contribution in [2.75, 3.05) is 17.2 Å². The topological polar surface area (TPSA) is 70.2 Å². The van der Waals surface area contributed by atoms with Crippen molar-refractivity contribution in [2.45, 2.75) is 38.6 Å². The van der Waals surface area contributed by atoms with Crippen LogP contribution in [0, 0.1) is 0 Å². The molecule has 0 saturated heterocycles. The highest BCUT2D eigenvalue weighted by Gasteiger charge is 2.24. The summed E-state index contributed by atoms with van der Waals surface area (Å²) in [5, 5.41) is 8.94. The van der Waals surface area contributed by atoms with Gasteiger partial charge >= 0.3 is 0 Å². The number of carbonyl (C=O) groups is 2. The second-order valence-corrected chi connectivity index (χ2v) is 6.98. The van der Waals surface area contributed by atoms with Crippen molar-refractivity contribution in [3.05, 3.63) is 59.7 Å². The Morgan fingerprint density at radius 3 is 2.58 bits per heavy atom. The average Bonchev–Trinajstić information content (AvgIpc) is 3.44. The molecule has 0 unspecified atom stereocenters. The number of carbonyl (C=O) groups excluding carboxylic acids is 2. The number of amides is 2. The van der Waals surface area contributed by atoms with E-state index in [4.69, 9.17) is 0 Å². The smallest absolute Gasteiger partial charge is 0.253 e. The number of hydrogen-bond acceptors (Lipinski definition) is 3. The van der Waals surface area contributed by atoms with E-state index in [1.807, 2.05) is 42.5 Å². The zero-order valence-corrected chi connectivity index (χ0v) is 15.2. The largest absolute Gasteiger partial charge is 0.376 e. The van der Waals surface area contributed by atoms with Gasteiger partial charge in [0.2, 0.25) is 5.91 Å². The second-order valence-electron chi connectivity index (χ2n) is 6.98. The quantitative estimate of drug-likeness (QED) is 0.711. The van der Waals surface area contributed by atoms with Gasteiger partial charge in [0.1, 0.15) is 0 Å². The van der Waals surface area contributed by atoms with Gasteiger partial charge in [-0.25, -0.2) is 0 Å². The van der Waals surface area contributed by atoms with Crippen LogP contribution in [0.4, 0.5) is 11.4 Å². The number of anilines is 2. The average molecular weight is 351 g/mol. The van der Waals surface area contributed by atoms with Gasteiger partial charge in [-0.1, -0.05) is 38.1 Å². The van der Waals surface area contributed by atoms with Gasteiger partial charge in [0.05, 0.1) is 12.1 Å². The van der Waals surface area contributed by atoms with Gasteiger partial charge < -0.3 is 16.0 Å². The Hall–Kier alpha value is -2.82. The first-order valence-electron chi connectivity index (χ1n) is 9.06. The molecule has 2 aromatic rings. The molecule has 5 heteroatoms. The van der Waals surface area contributed by atoms with Crippen molar-refractivity contribution in [2.24, 2.45) is 0 Å². The third-order valence-electron chi connectivity index (χ3n) is 4.36. The minimum atomic E-state index is -0.150. The SMILES string of the molecule is CC(C)c1cccc(NC(=O)CNc2ccccc2C(=O)NC2CC2)c1. The zero-order chi connectivity index (χ0) is 18.5. The Morgan fingerprint density at radius 1 is 1.08 bits per heavy atom. The first kappa shape index (κ1) is 18.0. The van der Waals surface area contributed by atoms with Gasteiger partial charge in [0, 0.05) is 17.4 Å². The Bertz CT molecular complexity index is 797. The molecule has 5 nitrogen and oxygen atoms in total. The highest BCUT2D eigenvalue weighted by molar-refractivity contribution is 6.01. The highest BCUT2D eigenvalue weighted by Crippen LogP contribution is 2.22. The molecule has 1 fully saturated rings. The summed E-state index contributed by atoms with van der Waals surface area (Å²) in [5.41, 5.74) is 3.19. The molecule has 136 valence electrons. The van der Waals surface area contributed by atoms with E-state index >= 15 is 0 Å². The molecule has 0 atom stereocenters. The monoisotopic (exact) mass is 351 g/mol. The Kier molecular flexibility index (Phi) is 5.56. The molecule has 2 aromatic carbocycles. The maximum atomic E-state index is 12.3. The third-order valence-corrected chi connectivity index (χ3v) is 4.36. The molecule has 0 spiro atoms. The Morgan fingerprint density at radius 2 is 1.85 bits per heavy atom. The van der Waals surface area contributed by atoms with E-state index < -0.39 is 0 Å².